The number of hydrogen-bond acceptors (Lipinski definition) is 4. The lowest BCUT2D eigenvalue weighted by atomic mass is 9.99. The Morgan fingerprint density at radius 2 is 2.00 bits per heavy atom. The summed E-state index contributed by atoms with van der Waals surface area (Å²) in [4.78, 5) is 40.9. The van der Waals surface area contributed by atoms with Gasteiger partial charge in [-0.3, -0.25) is 4.79 Å². The number of rotatable bonds is 4. The molecule has 1 aromatic heterocycles. The number of nitrogens with zero attached hydrogens (tertiary/aromatic N) is 1. The van der Waals surface area contributed by atoms with Crippen LogP contribution in [0.1, 0.15) is 23.7 Å². The number of nitrogens with two attached hydrogens (primary N) is 1. The number of amides is 5. The topological polar surface area (TPSA) is 142 Å². The Morgan fingerprint density at radius 1 is 1.23 bits per heavy atom. The van der Waals surface area contributed by atoms with Crippen molar-refractivity contribution in [3.05, 3.63) is 47.3 Å². The van der Waals surface area contributed by atoms with Gasteiger partial charge in [-0.2, -0.15) is 0 Å². The molecule has 3 heterocycles. The van der Waals surface area contributed by atoms with Crippen LogP contribution in [0.3, 0.4) is 0 Å². The summed E-state index contributed by atoms with van der Waals surface area (Å²) in [5, 5.41) is 8.26. The van der Waals surface area contributed by atoms with Gasteiger partial charge in [0, 0.05) is 48.5 Å². The van der Waals surface area contributed by atoms with E-state index in [9.17, 15) is 14.4 Å². The van der Waals surface area contributed by atoms with Crippen LogP contribution in [0.4, 0.5) is 21.0 Å². The molecule has 2 aliphatic heterocycles. The van der Waals surface area contributed by atoms with Gasteiger partial charge >= 0.3 is 12.1 Å². The molecule has 1 fully saturated rings. The first-order chi connectivity index (χ1) is 14.9. The summed E-state index contributed by atoms with van der Waals surface area (Å²) in [5.74, 6) is -0.222. The van der Waals surface area contributed by atoms with E-state index >= 15 is 0 Å². The molecule has 0 atom stereocenters. The van der Waals surface area contributed by atoms with Gasteiger partial charge in [-0.05, 0) is 42.3 Å². The first kappa shape index (κ1) is 20.5. The van der Waals surface area contributed by atoms with Crippen LogP contribution in [0.2, 0.25) is 0 Å². The maximum absolute atomic E-state index is 12.6. The molecule has 6 N–H and O–H groups in total. The molecule has 1 saturated heterocycles. The van der Waals surface area contributed by atoms with Crippen molar-refractivity contribution in [2.24, 2.45) is 5.73 Å². The number of carbonyl (C=O) groups excluding carboxylic acids is 3. The zero-order valence-corrected chi connectivity index (χ0v) is 17.1. The van der Waals surface area contributed by atoms with Crippen LogP contribution >= 0.6 is 0 Å². The summed E-state index contributed by atoms with van der Waals surface area (Å²) in [6, 6.07) is 6.21. The molecular weight excluding hydrogens is 400 g/mol. The van der Waals surface area contributed by atoms with Crippen LogP contribution in [0.5, 0.6) is 0 Å². The quantitative estimate of drug-likeness (QED) is 0.478. The molecule has 31 heavy (non-hydrogen) atoms. The second-order valence-corrected chi connectivity index (χ2v) is 7.38. The molecule has 1 aromatic carbocycles. The maximum atomic E-state index is 12.6. The van der Waals surface area contributed by atoms with Crippen molar-refractivity contribution in [2.75, 3.05) is 36.9 Å². The van der Waals surface area contributed by atoms with Crippen molar-refractivity contribution in [3.8, 4) is 0 Å². The van der Waals surface area contributed by atoms with Crippen LogP contribution in [0.15, 0.2) is 30.5 Å². The highest BCUT2D eigenvalue weighted by molar-refractivity contribution is 6.36. The number of anilines is 2. The average Bonchev–Trinajstić information content (AvgIpc) is 3.35. The van der Waals surface area contributed by atoms with E-state index in [-0.39, 0.29) is 11.9 Å². The van der Waals surface area contributed by atoms with E-state index in [4.69, 9.17) is 10.5 Å². The number of hydrogen-bond donors (Lipinski definition) is 5. The van der Waals surface area contributed by atoms with Crippen molar-refractivity contribution < 1.29 is 19.1 Å². The molecule has 0 bridgehead atoms. The third-order valence-corrected chi connectivity index (χ3v) is 5.30. The van der Waals surface area contributed by atoms with Gasteiger partial charge in [0.1, 0.15) is 0 Å². The lowest BCUT2D eigenvalue weighted by Gasteiger charge is -2.26. The SMILES string of the molecule is C/C(=C1/C(=O)Nc2ccc(NC(N)=O)cc21)c1cc(CNC(=O)N2CCOCC2)c[nH]1. The number of allylic oxidation sites excluding steroid dienone is 1. The third-order valence-electron chi connectivity index (χ3n) is 5.30. The molecule has 162 valence electrons. The Bertz CT molecular complexity index is 1070. The van der Waals surface area contributed by atoms with Crippen molar-refractivity contribution in [1.29, 1.82) is 0 Å². The van der Waals surface area contributed by atoms with Gasteiger partial charge in [0.2, 0.25) is 0 Å². The van der Waals surface area contributed by atoms with E-state index in [0.717, 1.165) is 16.8 Å². The minimum absolute atomic E-state index is 0.125. The number of morpholine rings is 1. The number of aromatic nitrogens is 1. The number of aromatic amines is 1. The standard InChI is InChI=1S/C21H24N6O4/c1-12(18-15-9-14(25-20(22)29)2-3-16(15)26-19(18)28)17-8-13(10-23-17)11-24-21(30)27-4-6-31-7-5-27/h2-3,8-10,23H,4-7,11H2,1H3,(H,24,30)(H,26,28)(H3,22,25,29)/b18-12-. The normalized spacial score (nSPS) is 17.1. The van der Waals surface area contributed by atoms with Crippen LogP contribution in [0.25, 0.3) is 11.1 Å². The molecule has 2 aliphatic rings. The zero-order valence-electron chi connectivity index (χ0n) is 17.1. The van der Waals surface area contributed by atoms with Crippen LogP contribution in [0, 0.1) is 0 Å². The molecule has 4 rings (SSSR count). The molecule has 0 unspecified atom stereocenters. The fourth-order valence-electron chi connectivity index (χ4n) is 3.71. The summed E-state index contributed by atoms with van der Waals surface area (Å²) in [7, 11) is 0. The highest BCUT2D eigenvalue weighted by Gasteiger charge is 2.27. The van der Waals surface area contributed by atoms with Crippen LogP contribution < -0.4 is 21.7 Å². The van der Waals surface area contributed by atoms with Gasteiger partial charge in [-0.15, -0.1) is 0 Å². The van der Waals surface area contributed by atoms with Crippen LogP contribution in [-0.4, -0.2) is 54.2 Å². The number of H-pyrrole nitrogens is 1. The highest BCUT2D eigenvalue weighted by atomic mass is 16.5. The first-order valence-corrected chi connectivity index (χ1v) is 9.93. The Morgan fingerprint density at radius 3 is 2.74 bits per heavy atom. The largest absolute Gasteiger partial charge is 0.378 e. The Hall–Kier alpha value is -3.79. The van der Waals surface area contributed by atoms with E-state index < -0.39 is 6.03 Å². The molecular formula is C21H24N6O4. The highest BCUT2D eigenvalue weighted by Crippen LogP contribution is 2.38. The Balaban J connectivity index is 1.51. The lowest BCUT2D eigenvalue weighted by molar-refractivity contribution is -0.110. The maximum Gasteiger partial charge on any atom is 0.317 e. The van der Waals surface area contributed by atoms with Crippen molar-refractivity contribution >= 4 is 40.5 Å². The van der Waals surface area contributed by atoms with E-state index in [2.05, 4.69) is 20.9 Å². The van der Waals surface area contributed by atoms with Gasteiger partial charge in [0.15, 0.2) is 0 Å². The Labute approximate surface area is 178 Å². The number of primary amides is 1. The minimum atomic E-state index is -0.673. The molecule has 10 nitrogen and oxygen atoms in total. The lowest BCUT2D eigenvalue weighted by Crippen LogP contribution is -2.45. The monoisotopic (exact) mass is 424 g/mol. The molecule has 0 aliphatic carbocycles. The Kier molecular flexibility index (Phi) is 5.63. The first-order valence-electron chi connectivity index (χ1n) is 9.93. The fourth-order valence-corrected chi connectivity index (χ4v) is 3.71. The van der Waals surface area contributed by atoms with Crippen molar-refractivity contribution in [1.82, 2.24) is 15.2 Å². The van der Waals surface area contributed by atoms with E-state index in [1.54, 1.807) is 29.3 Å². The van der Waals surface area contributed by atoms with Gasteiger partial charge in [-0.1, -0.05) is 0 Å². The molecule has 0 spiro atoms. The summed E-state index contributed by atoms with van der Waals surface area (Å²) >= 11 is 0. The molecule has 2 aromatic rings. The second-order valence-electron chi connectivity index (χ2n) is 7.38. The van der Waals surface area contributed by atoms with Gasteiger partial charge in [-0.25, -0.2) is 9.59 Å². The molecule has 0 saturated carbocycles. The molecule has 0 radical (unpaired) electrons. The summed E-state index contributed by atoms with van der Waals surface area (Å²) in [5.41, 5.74) is 9.96. The van der Waals surface area contributed by atoms with E-state index in [1.807, 2.05) is 13.0 Å². The van der Waals surface area contributed by atoms with Gasteiger partial charge in [0.05, 0.1) is 18.8 Å². The number of benzene rings is 1. The van der Waals surface area contributed by atoms with E-state index in [0.29, 0.717) is 55.4 Å². The second kappa shape index (κ2) is 8.52. The number of carbonyl (C=O) groups is 3. The van der Waals surface area contributed by atoms with Gasteiger partial charge in [0.25, 0.3) is 5.91 Å². The molecule has 10 heteroatoms. The predicted molar refractivity (Wildman–Crippen MR) is 116 cm³/mol. The number of ether oxygens (including phenoxy) is 1. The smallest absolute Gasteiger partial charge is 0.317 e. The van der Waals surface area contributed by atoms with Crippen molar-refractivity contribution in [2.45, 2.75) is 13.5 Å². The minimum Gasteiger partial charge on any atom is -0.378 e. The summed E-state index contributed by atoms with van der Waals surface area (Å²) in [6.07, 6.45) is 1.80. The van der Waals surface area contributed by atoms with Crippen LogP contribution in [-0.2, 0) is 16.1 Å². The summed E-state index contributed by atoms with van der Waals surface area (Å²) < 4.78 is 5.26. The number of nitrogens with one attached hydrogen (secondary N) is 4. The number of urea groups is 2. The number of fused-ring (bicyclic) bond motifs is 1. The fraction of sp³-hybridized carbons (Fsp3) is 0.286. The van der Waals surface area contributed by atoms with Crippen molar-refractivity contribution in [3.63, 3.8) is 0 Å². The average molecular weight is 424 g/mol. The predicted octanol–water partition coefficient (Wildman–Crippen LogP) is 1.93. The zero-order chi connectivity index (χ0) is 22.0. The van der Waals surface area contributed by atoms with E-state index in [1.165, 1.54) is 0 Å². The third kappa shape index (κ3) is 4.38. The molecule has 5 amide bonds. The summed E-state index contributed by atoms with van der Waals surface area (Å²) in [6.45, 7) is 4.47. The van der Waals surface area contributed by atoms with Gasteiger partial charge < -0.3 is 36.3 Å².